The molecule has 1 heterocycles. The maximum atomic E-state index is 3.23. The van der Waals surface area contributed by atoms with Crippen LogP contribution in [0.1, 0.15) is 18.9 Å². The van der Waals surface area contributed by atoms with E-state index < -0.39 is 0 Å². The smallest absolute Gasteiger partial charge is 0.0412 e. The van der Waals surface area contributed by atoms with Crippen LogP contribution in [-0.4, -0.2) is 20.1 Å². The number of benzene rings is 1. The van der Waals surface area contributed by atoms with E-state index in [1.165, 1.54) is 30.8 Å². The van der Waals surface area contributed by atoms with E-state index in [2.05, 4.69) is 41.4 Å². The van der Waals surface area contributed by atoms with Gasteiger partial charge in [0, 0.05) is 25.3 Å². The van der Waals surface area contributed by atoms with Gasteiger partial charge in [0.15, 0.2) is 0 Å². The molecule has 0 bridgehead atoms. The second-order valence-electron chi connectivity index (χ2n) is 4.34. The van der Waals surface area contributed by atoms with E-state index in [1.54, 1.807) is 0 Å². The minimum Gasteiger partial charge on any atom is -0.371 e. The summed E-state index contributed by atoms with van der Waals surface area (Å²) in [5, 5.41) is 3.23. The average Bonchev–Trinajstić information content (AvgIpc) is 2.19. The highest BCUT2D eigenvalue weighted by molar-refractivity contribution is 5.55. The van der Waals surface area contributed by atoms with E-state index in [0.29, 0.717) is 0 Å². The zero-order valence-electron chi connectivity index (χ0n) is 9.66. The SMILES string of the molecule is CCC1CN(c2ccccc2CNC)C1. The van der Waals surface area contributed by atoms with Gasteiger partial charge in [0.05, 0.1) is 0 Å². The number of anilines is 1. The van der Waals surface area contributed by atoms with E-state index >= 15 is 0 Å². The van der Waals surface area contributed by atoms with Crippen LogP contribution < -0.4 is 10.2 Å². The molecule has 0 aromatic heterocycles. The Balaban J connectivity index is 2.07. The number of nitrogens with one attached hydrogen (secondary N) is 1. The molecule has 1 saturated heterocycles. The van der Waals surface area contributed by atoms with Crippen molar-refractivity contribution >= 4 is 5.69 Å². The van der Waals surface area contributed by atoms with Crippen LogP contribution in [0.2, 0.25) is 0 Å². The lowest BCUT2D eigenvalue weighted by Crippen LogP contribution is -2.46. The molecule has 0 amide bonds. The van der Waals surface area contributed by atoms with Gasteiger partial charge < -0.3 is 10.2 Å². The van der Waals surface area contributed by atoms with Crippen molar-refractivity contribution in [3.8, 4) is 0 Å². The van der Waals surface area contributed by atoms with Crippen LogP contribution in [0.3, 0.4) is 0 Å². The molecule has 0 atom stereocenters. The summed E-state index contributed by atoms with van der Waals surface area (Å²) in [6.07, 6.45) is 1.31. The number of hydrogen-bond acceptors (Lipinski definition) is 2. The van der Waals surface area contributed by atoms with Crippen LogP contribution >= 0.6 is 0 Å². The second kappa shape index (κ2) is 4.67. The molecule has 1 aliphatic rings. The minimum atomic E-state index is 0.910. The van der Waals surface area contributed by atoms with Crippen molar-refractivity contribution in [2.24, 2.45) is 5.92 Å². The van der Waals surface area contributed by atoms with Crippen LogP contribution in [0.25, 0.3) is 0 Å². The standard InChI is InChI=1S/C13H20N2/c1-3-11-9-15(10-11)13-7-5-4-6-12(13)8-14-2/h4-7,11,14H,3,8-10H2,1-2H3. The highest BCUT2D eigenvalue weighted by Gasteiger charge is 2.26. The number of rotatable bonds is 4. The largest absolute Gasteiger partial charge is 0.371 e. The van der Waals surface area contributed by atoms with Crippen molar-refractivity contribution in [3.63, 3.8) is 0 Å². The summed E-state index contributed by atoms with van der Waals surface area (Å²) >= 11 is 0. The molecular formula is C13H20N2. The molecule has 15 heavy (non-hydrogen) atoms. The minimum absolute atomic E-state index is 0.910. The molecule has 1 aromatic rings. The fourth-order valence-corrected chi connectivity index (χ4v) is 2.18. The van der Waals surface area contributed by atoms with Gasteiger partial charge in [0.25, 0.3) is 0 Å². The summed E-state index contributed by atoms with van der Waals surface area (Å²) in [4.78, 5) is 2.49. The van der Waals surface area contributed by atoms with Crippen molar-refractivity contribution in [1.29, 1.82) is 0 Å². The monoisotopic (exact) mass is 204 g/mol. The quantitative estimate of drug-likeness (QED) is 0.809. The summed E-state index contributed by atoms with van der Waals surface area (Å²) in [5.74, 6) is 0.910. The first kappa shape index (κ1) is 10.5. The normalized spacial score (nSPS) is 16.5. The Morgan fingerprint density at radius 3 is 2.73 bits per heavy atom. The Labute approximate surface area is 92.3 Å². The lowest BCUT2D eigenvalue weighted by atomic mass is 9.95. The molecule has 2 rings (SSSR count). The molecule has 0 unspecified atom stereocenters. The fourth-order valence-electron chi connectivity index (χ4n) is 2.18. The Bertz CT molecular complexity index is 316. The van der Waals surface area contributed by atoms with Crippen LogP contribution in [-0.2, 0) is 6.54 Å². The van der Waals surface area contributed by atoms with Crippen LogP contribution in [0.4, 0.5) is 5.69 Å². The lowest BCUT2D eigenvalue weighted by molar-refractivity contribution is 0.398. The summed E-state index contributed by atoms with van der Waals surface area (Å²) in [6, 6.07) is 8.70. The first-order valence-corrected chi connectivity index (χ1v) is 5.82. The highest BCUT2D eigenvalue weighted by atomic mass is 15.2. The van der Waals surface area contributed by atoms with Gasteiger partial charge in [0.1, 0.15) is 0 Å². The number of para-hydroxylation sites is 1. The maximum absolute atomic E-state index is 3.23. The van der Waals surface area contributed by atoms with Gasteiger partial charge in [-0.2, -0.15) is 0 Å². The van der Waals surface area contributed by atoms with Gasteiger partial charge in [-0.05, 0) is 31.0 Å². The van der Waals surface area contributed by atoms with Crippen LogP contribution in [0.15, 0.2) is 24.3 Å². The fraction of sp³-hybridized carbons (Fsp3) is 0.538. The van der Waals surface area contributed by atoms with Crippen LogP contribution in [0, 0.1) is 5.92 Å². The Morgan fingerprint density at radius 2 is 2.07 bits per heavy atom. The summed E-state index contributed by atoms with van der Waals surface area (Å²) < 4.78 is 0. The molecule has 2 heteroatoms. The Kier molecular flexibility index (Phi) is 3.27. The first-order valence-electron chi connectivity index (χ1n) is 5.82. The molecule has 1 aromatic carbocycles. The second-order valence-corrected chi connectivity index (χ2v) is 4.34. The molecule has 1 N–H and O–H groups in total. The van der Waals surface area contributed by atoms with Crippen molar-refractivity contribution in [1.82, 2.24) is 5.32 Å². The highest BCUT2D eigenvalue weighted by Crippen LogP contribution is 2.29. The molecule has 1 fully saturated rings. The van der Waals surface area contributed by atoms with Gasteiger partial charge in [-0.1, -0.05) is 25.1 Å². The summed E-state index contributed by atoms with van der Waals surface area (Å²) in [5.41, 5.74) is 2.83. The molecule has 0 saturated carbocycles. The van der Waals surface area contributed by atoms with E-state index in [-0.39, 0.29) is 0 Å². The van der Waals surface area contributed by atoms with Gasteiger partial charge in [-0.3, -0.25) is 0 Å². The molecule has 2 nitrogen and oxygen atoms in total. The van der Waals surface area contributed by atoms with E-state index in [0.717, 1.165) is 12.5 Å². The molecular weight excluding hydrogens is 184 g/mol. The third kappa shape index (κ3) is 2.15. The summed E-state index contributed by atoms with van der Waals surface area (Å²) in [6.45, 7) is 5.71. The third-order valence-corrected chi connectivity index (χ3v) is 3.23. The maximum Gasteiger partial charge on any atom is 0.0412 e. The van der Waals surface area contributed by atoms with E-state index in [9.17, 15) is 0 Å². The molecule has 0 spiro atoms. The molecule has 0 radical (unpaired) electrons. The van der Waals surface area contributed by atoms with Gasteiger partial charge in [-0.25, -0.2) is 0 Å². The number of nitrogens with zero attached hydrogens (tertiary/aromatic N) is 1. The number of hydrogen-bond donors (Lipinski definition) is 1. The summed E-state index contributed by atoms with van der Waals surface area (Å²) in [7, 11) is 2.00. The predicted molar refractivity (Wildman–Crippen MR) is 65.2 cm³/mol. The molecule has 1 aliphatic heterocycles. The first-order chi connectivity index (χ1) is 7.35. The van der Waals surface area contributed by atoms with E-state index in [4.69, 9.17) is 0 Å². The molecule has 0 aliphatic carbocycles. The van der Waals surface area contributed by atoms with Crippen molar-refractivity contribution in [2.75, 3.05) is 25.0 Å². The topological polar surface area (TPSA) is 15.3 Å². The molecule has 82 valence electrons. The lowest BCUT2D eigenvalue weighted by Gasteiger charge is -2.41. The predicted octanol–water partition coefficient (Wildman–Crippen LogP) is 2.25. The zero-order chi connectivity index (χ0) is 10.7. The van der Waals surface area contributed by atoms with Crippen molar-refractivity contribution in [3.05, 3.63) is 29.8 Å². The van der Waals surface area contributed by atoms with E-state index in [1.807, 2.05) is 7.05 Å². The van der Waals surface area contributed by atoms with Gasteiger partial charge in [0.2, 0.25) is 0 Å². The zero-order valence-corrected chi connectivity index (χ0v) is 9.66. The Morgan fingerprint density at radius 1 is 1.33 bits per heavy atom. The van der Waals surface area contributed by atoms with Crippen molar-refractivity contribution < 1.29 is 0 Å². The third-order valence-electron chi connectivity index (χ3n) is 3.23. The van der Waals surface area contributed by atoms with Crippen molar-refractivity contribution in [2.45, 2.75) is 19.9 Å². The Hall–Kier alpha value is -1.02. The average molecular weight is 204 g/mol. The van der Waals surface area contributed by atoms with Gasteiger partial charge >= 0.3 is 0 Å². The van der Waals surface area contributed by atoms with Gasteiger partial charge in [-0.15, -0.1) is 0 Å². The van der Waals surface area contributed by atoms with Crippen LogP contribution in [0.5, 0.6) is 0 Å².